The third kappa shape index (κ3) is 4.48. The summed E-state index contributed by atoms with van der Waals surface area (Å²) < 4.78 is 46.9. The fourth-order valence-corrected chi connectivity index (χ4v) is 4.87. The monoisotopic (exact) mass is 526 g/mol. The Morgan fingerprint density at radius 1 is 1.08 bits per heavy atom. The van der Waals surface area contributed by atoms with E-state index >= 15 is 4.39 Å². The number of para-hydroxylation sites is 1. The molecule has 3 N–H and O–H groups in total. The van der Waals surface area contributed by atoms with Crippen LogP contribution in [-0.2, 0) is 13.0 Å². The van der Waals surface area contributed by atoms with Gasteiger partial charge in [0.25, 0.3) is 0 Å². The fourth-order valence-electron chi connectivity index (χ4n) is 4.73. The summed E-state index contributed by atoms with van der Waals surface area (Å²) in [4.78, 5) is 17.1. The van der Waals surface area contributed by atoms with Gasteiger partial charge in [-0.2, -0.15) is 5.10 Å². The number of aromatic nitrogens is 3. The Balaban J connectivity index is 1.72. The van der Waals surface area contributed by atoms with Crippen molar-refractivity contribution in [3.63, 3.8) is 0 Å². The summed E-state index contributed by atoms with van der Waals surface area (Å²) in [7, 11) is 0. The van der Waals surface area contributed by atoms with Gasteiger partial charge in [-0.1, -0.05) is 29.8 Å². The maximum atomic E-state index is 15.5. The van der Waals surface area contributed by atoms with Crippen LogP contribution in [0.4, 0.5) is 29.5 Å². The van der Waals surface area contributed by atoms with E-state index in [1.165, 1.54) is 12.3 Å². The molecule has 0 radical (unpaired) electrons. The van der Waals surface area contributed by atoms with Crippen LogP contribution >= 0.6 is 11.6 Å². The first-order valence-electron chi connectivity index (χ1n) is 11.4. The first kappa shape index (κ1) is 24.6. The molecule has 0 fully saturated rings. The molecule has 2 aromatic carbocycles. The van der Waals surface area contributed by atoms with Crippen molar-refractivity contribution in [1.29, 1.82) is 0 Å². The maximum Gasteiger partial charge on any atom is 0.316 e. The van der Waals surface area contributed by atoms with Gasteiger partial charge in [0.2, 0.25) is 0 Å². The van der Waals surface area contributed by atoms with Crippen LogP contribution in [0.1, 0.15) is 22.4 Å². The highest BCUT2D eigenvalue weighted by atomic mass is 35.5. The smallest absolute Gasteiger partial charge is 0.316 e. The summed E-state index contributed by atoms with van der Waals surface area (Å²) in [6.45, 7) is 4.38. The summed E-state index contributed by atoms with van der Waals surface area (Å²) in [6, 6.07) is 7.76. The van der Waals surface area contributed by atoms with E-state index in [9.17, 15) is 13.6 Å². The van der Waals surface area contributed by atoms with E-state index in [4.69, 9.17) is 22.4 Å². The average molecular weight is 527 g/mol. The zero-order valence-corrected chi connectivity index (χ0v) is 20.7. The van der Waals surface area contributed by atoms with E-state index in [1.54, 1.807) is 9.58 Å². The third-order valence-electron chi connectivity index (χ3n) is 6.34. The van der Waals surface area contributed by atoms with Crippen LogP contribution in [0.5, 0.6) is 0 Å². The van der Waals surface area contributed by atoms with Gasteiger partial charge in [-0.25, -0.2) is 27.6 Å². The van der Waals surface area contributed by atoms with E-state index in [1.807, 2.05) is 32.0 Å². The van der Waals surface area contributed by atoms with Crippen LogP contribution < -0.4 is 16.0 Å². The number of nitrogens with two attached hydrogens (primary N) is 1. The summed E-state index contributed by atoms with van der Waals surface area (Å²) >= 11 is 5.87. The highest BCUT2D eigenvalue weighted by Gasteiger charge is 2.30. The Morgan fingerprint density at radius 3 is 2.49 bits per heavy atom. The molecular weight excluding hydrogens is 505 g/mol. The predicted molar refractivity (Wildman–Crippen MR) is 136 cm³/mol. The standard InChI is InChI=1S/C26H22ClF3N6O/c1-13-4-3-5-14(2)23(13)36-24(16-9-19(29)22(10-18(16)28)33-26(31)37)17-12-35(7-6-21(17)34-36)25-20(30)8-15(27)11-32-25/h3-5,8-11H,6-7,12H2,1-2H3,(H3,31,33,37). The van der Waals surface area contributed by atoms with Gasteiger partial charge in [-0.15, -0.1) is 0 Å². The number of anilines is 2. The minimum atomic E-state index is -1.02. The number of rotatable bonds is 4. The average Bonchev–Trinajstić information content (AvgIpc) is 3.19. The molecule has 0 aliphatic carbocycles. The maximum absolute atomic E-state index is 15.5. The normalized spacial score (nSPS) is 13.0. The Morgan fingerprint density at radius 2 is 1.81 bits per heavy atom. The number of amides is 2. The zero-order chi connectivity index (χ0) is 26.4. The number of primary amides is 1. The molecule has 2 aromatic heterocycles. The van der Waals surface area contributed by atoms with Gasteiger partial charge in [0.15, 0.2) is 11.6 Å². The number of benzene rings is 2. The van der Waals surface area contributed by atoms with Crippen molar-refractivity contribution in [3.8, 4) is 16.9 Å². The molecule has 4 aromatic rings. The molecule has 0 bridgehead atoms. The first-order valence-corrected chi connectivity index (χ1v) is 11.8. The number of pyridine rings is 1. The molecule has 0 unspecified atom stereocenters. The summed E-state index contributed by atoms with van der Waals surface area (Å²) in [6.07, 6.45) is 1.78. The Labute approximate surface area is 215 Å². The Hall–Kier alpha value is -4.05. The summed E-state index contributed by atoms with van der Waals surface area (Å²) in [5, 5.41) is 7.06. The zero-order valence-electron chi connectivity index (χ0n) is 19.9. The Kier molecular flexibility index (Phi) is 6.28. The lowest BCUT2D eigenvalue weighted by Gasteiger charge is -2.28. The van der Waals surface area contributed by atoms with Crippen LogP contribution in [-0.4, -0.2) is 27.3 Å². The van der Waals surface area contributed by atoms with Gasteiger partial charge in [0.1, 0.15) is 11.6 Å². The van der Waals surface area contributed by atoms with Crippen molar-refractivity contribution < 1.29 is 18.0 Å². The number of carbonyl (C=O) groups is 1. The number of hydrogen-bond acceptors (Lipinski definition) is 4. The summed E-state index contributed by atoms with van der Waals surface area (Å²) in [5.74, 6) is -2.13. The molecule has 1 aliphatic heterocycles. The van der Waals surface area contributed by atoms with E-state index in [0.717, 1.165) is 28.9 Å². The van der Waals surface area contributed by atoms with Crippen LogP contribution in [0.3, 0.4) is 0 Å². The van der Waals surface area contributed by atoms with Crippen LogP contribution in [0, 0.1) is 31.3 Å². The molecule has 0 saturated heterocycles. The van der Waals surface area contributed by atoms with Crippen LogP contribution in [0.2, 0.25) is 5.02 Å². The fraction of sp³-hybridized carbons (Fsp3) is 0.192. The minimum absolute atomic E-state index is 0.0599. The van der Waals surface area contributed by atoms with Gasteiger partial charge in [-0.05, 0) is 37.1 Å². The van der Waals surface area contributed by atoms with Crippen molar-refractivity contribution in [2.75, 3.05) is 16.8 Å². The van der Waals surface area contributed by atoms with Gasteiger partial charge in [0, 0.05) is 42.9 Å². The van der Waals surface area contributed by atoms with E-state index < -0.39 is 23.5 Å². The first-order chi connectivity index (χ1) is 17.6. The number of hydrogen-bond donors (Lipinski definition) is 2. The predicted octanol–water partition coefficient (Wildman–Crippen LogP) is 5.68. The number of urea groups is 1. The van der Waals surface area contributed by atoms with Crippen molar-refractivity contribution in [3.05, 3.63) is 87.5 Å². The molecule has 7 nitrogen and oxygen atoms in total. The van der Waals surface area contributed by atoms with Crippen molar-refractivity contribution in [2.45, 2.75) is 26.8 Å². The van der Waals surface area contributed by atoms with Crippen molar-refractivity contribution in [2.24, 2.45) is 5.73 Å². The molecule has 5 rings (SSSR count). The van der Waals surface area contributed by atoms with Gasteiger partial charge >= 0.3 is 6.03 Å². The van der Waals surface area contributed by atoms with E-state index in [2.05, 4.69) is 10.3 Å². The second-order valence-corrected chi connectivity index (χ2v) is 9.29. The lowest BCUT2D eigenvalue weighted by molar-refractivity contribution is 0.259. The number of halogens is 4. The largest absolute Gasteiger partial charge is 0.351 e. The quantitative estimate of drug-likeness (QED) is 0.358. The number of aryl methyl sites for hydroxylation is 2. The number of carbonyl (C=O) groups excluding carboxylic acids is 1. The highest BCUT2D eigenvalue weighted by Crippen LogP contribution is 2.38. The van der Waals surface area contributed by atoms with Gasteiger partial charge in [0.05, 0.1) is 27.8 Å². The molecule has 2 amide bonds. The lowest BCUT2D eigenvalue weighted by atomic mass is 9.99. The number of nitrogens with zero attached hydrogens (tertiary/aromatic N) is 4. The molecule has 1 aliphatic rings. The lowest BCUT2D eigenvalue weighted by Crippen LogP contribution is -2.31. The Bertz CT molecular complexity index is 1530. The van der Waals surface area contributed by atoms with E-state index in [0.29, 0.717) is 29.9 Å². The molecule has 11 heteroatoms. The second kappa shape index (κ2) is 9.44. The highest BCUT2D eigenvalue weighted by molar-refractivity contribution is 6.30. The molecule has 0 spiro atoms. The molecule has 0 saturated carbocycles. The number of fused-ring (bicyclic) bond motifs is 1. The summed E-state index contributed by atoms with van der Waals surface area (Å²) in [5.41, 5.74) is 8.77. The van der Waals surface area contributed by atoms with E-state index in [-0.39, 0.29) is 28.6 Å². The molecule has 37 heavy (non-hydrogen) atoms. The van der Waals surface area contributed by atoms with Gasteiger partial charge in [-0.3, -0.25) is 0 Å². The number of nitrogens with one attached hydrogen (secondary N) is 1. The second-order valence-electron chi connectivity index (χ2n) is 8.86. The molecular formula is C26H22ClF3N6O. The molecule has 0 atom stereocenters. The topological polar surface area (TPSA) is 89.1 Å². The van der Waals surface area contributed by atoms with Crippen LogP contribution in [0.15, 0.2) is 42.6 Å². The minimum Gasteiger partial charge on any atom is -0.351 e. The van der Waals surface area contributed by atoms with Gasteiger partial charge < -0.3 is 16.0 Å². The molecule has 3 heterocycles. The van der Waals surface area contributed by atoms with Crippen molar-refractivity contribution >= 4 is 29.1 Å². The molecule has 190 valence electrons. The third-order valence-corrected chi connectivity index (χ3v) is 6.55. The van der Waals surface area contributed by atoms with Crippen LogP contribution in [0.25, 0.3) is 16.9 Å². The van der Waals surface area contributed by atoms with Crippen molar-refractivity contribution in [1.82, 2.24) is 14.8 Å². The SMILES string of the molecule is Cc1cccc(C)c1-n1nc2c(c1-c1cc(F)c(NC(N)=O)cc1F)CN(c1ncc(Cl)cc1F)CC2.